The van der Waals surface area contributed by atoms with Crippen molar-refractivity contribution in [2.24, 2.45) is 0 Å². The largest absolute Gasteiger partial charge is 0.496 e. The quantitative estimate of drug-likeness (QED) is 0.253. The number of nitrogens with zero attached hydrogens (tertiary/aromatic N) is 3. The van der Waals surface area contributed by atoms with E-state index >= 15 is 0 Å². The molecule has 0 aliphatic heterocycles. The second-order valence-corrected chi connectivity index (χ2v) is 9.00. The molecule has 0 bridgehead atoms. The van der Waals surface area contributed by atoms with Crippen LogP contribution in [0.1, 0.15) is 23.0 Å². The molecule has 0 amide bonds. The molecule has 0 unspecified atom stereocenters. The highest BCUT2D eigenvalue weighted by Gasteiger charge is 2.21. The molecule has 180 valence electrons. The van der Waals surface area contributed by atoms with Gasteiger partial charge in [0, 0.05) is 27.7 Å². The Kier molecular flexibility index (Phi) is 5.03. The molecular weight excluding hydrogens is 452 g/mol. The van der Waals surface area contributed by atoms with Crippen molar-refractivity contribution in [3.8, 4) is 28.1 Å². The fraction of sp³-hybridized carbons (Fsp3) is 0.179. The van der Waals surface area contributed by atoms with Crippen LogP contribution in [0.2, 0.25) is 0 Å². The van der Waals surface area contributed by atoms with Gasteiger partial charge in [-0.1, -0.05) is 35.5 Å². The minimum Gasteiger partial charge on any atom is -0.496 e. The zero-order chi connectivity index (χ0) is 25.0. The van der Waals surface area contributed by atoms with Crippen LogP contribution in [0.5, 0.6) is 5.75 Å². The Balaban J connectivity index is 1.55. The molecule has 0 spiro atoms. The lowest BCUT2D eigenvalue weighted by Gasteiger charge is -2.11. The van der Waals surface area contributed by atoms with Gasteiger partial charge in [0.15, 0.2) is 0 Å². The first-order valence-electron chi connectivity index (χ1n) is 11.8. The van der Waals surface area contributed by atoms with Crippen LogP contribution in [-0.2, 0) is 0 Å². The smallest absolute Gasteiger partial charge is 0.144 e. The molecule has 4 heterocycles. The number of anilines is 2. The third-order valence-corrected chi connectivity index (χ3v) is 6.45. The topological polar surface area (TPSA) is 105 Å². The van der Waals surface area contributed by atoms with E-state index in [4.69, 9.17) is 19.2 Å². The summed E-state index contributed by atoms with van der Waals surface area (Å²) >= 11 is 0. The lowest BCUT2D eigenvalue weighted by Crippen LogP contribution is -1.99. The van der Waals surface area contributed by atoms with E-state index in [1.165, 1.54) is 0 Å². The summed E-state index contributed by atoms with van der Waals surface area (Å²) in [7, 11) is 1.67. The number of fused-ring (bicyclic) bond motifs is 3. The van der Waals surface area contributed by atoms with Gasteiger partial charge in [0.1, 0.15) is 28.8 Å². The Hall–Kier alpha value is -4.59. The van der Waals surface area contributed by atoms with Gasteiger partial charge in [0.2, 0.25) is 0 Å². The summed E-state index contributed by atoms with van der Waals surface area (Å²) in [6.45, 7) is 7.78. The number of aryl methyl sites for hydroxylation is 4. The summed E-state index contributed by atoms with van der Waals surface area (Å²) in [4.78, 5) is 16.5. The van der Waals surface area contributed by atoms with E-state index in [-0.39, 0.29) is 0 Å². The second-order valence-electron chi connectivity index (χ2n) is 9.00. The predicted molar refractivity (Wildman–Crippen MR) is 142 cm³/mol. The molecule has 2 aromatic carbocycles. The highest BCUT2D eigenvalue weighted by molar-refractivity contribution is 6.13. The van der Waals surface area contributed by atoms with Crippen molar-refractivity contribution in [3.63, 3.8) is 0 Å². The molecule has 8 nitrogen and oxygen atoms in total. The van der Waals surface area contributed by atoms with Gasteiger partial charge in [-0.25, -0.2) is 9.97 Å². The van der Waals surface area contributed by atoms with E-state index in [1.807, 2.05) is 52.0 Å². The number of aromatic nitrogens is 5. The van der Waals surface area contributed by atoms with Gasteiger partial charge in [-0.3, -0.25) is 0 Å². The van der Waals surface area contributed by atoms with Crippen molar-refractivity contribution < 1.29 is 9.26 Å². The average molecular weight is 479 g/mol. The maximum atomic E-state index is 5.82. The molecule has 8 heteroatoms. The molecule has 0 saturated carbocycles. The highest BCUT2D eigenvalue weighted by atomic mass is 16.5. The average Bonchev–Trinajstić information content (AvgIpc) is 3.52. The van der Waals surface area contributed by atoms with Crippen LogP contribution in [0.3, 0.4) is 0 Å². The molecule has 4 aromatic heterocycles. The first kappa shape index (κ1) is 21.9. The van der Waals surface area contributed by atoms with Crippen LogP contribution in [0.25, 0.3) is 44.3 Å². The van der Waals surface area contributed by atoms with Gasteiger partial charge in [-0.2, -0.15) is 0 Å². The molecule has 3 N–H and O–H groups in total. The maximum absolute atomic E-state index is 5.82. The van der Waals surface area contributed by atoms with Crippen LogP contribution in [0.15, 0.2) is 53.1 Å². The van der Waals surface area contributed by atoms with Gasteiger partial charge in [0.05, 0.1) is 35.1 Å². The van der Waals surface area contributed by atoms with E-state index in [0.717, 1.165) is 78.7 Å². The monoisotopic (exact) mass is 478 g/mol. The third-order valence-electron chi connectivity index (χ3n) is 6.45. The fourth-order valence-electron chi connectivity index (χ4n) is 4.91. The third kappa shape index (κ3) is 3.50. The number of hydrogen-bond donors (Lipinski definition) is 3. The molecule has 0 radical (unpaired) electrons. The zero-order valence-corrected chi connectivity index (χ0v) is 20.8. The molecule has 0 aliphatic carbocycles. The first-order valence-corrected chi connectivity index (χ1v) is 11.8. The number of ether oxygens (including phenoxy) is 1. The second kappa shape index (κ2) is 8.27. The molecular formula is C28H26N6O2. The minimum absolute atomic E-state index is 0.669. The summed E-state index contributed by atoms with van der Waals surface area (Å²) in [5, 5.41) is 9.57. The fourth-order valence-corrected chi connectivity index (χ4v) is 4.91. The van der Waals surface area contributed by atoms with Crippen molar-refractivity contribution in [2.45, 2.75) is 27.7 Å². The van der Waals surface area contributed by atoms with E-state index < -0.39 is 0 Å². The Morgan fingerprint density at radius 1 is 0.944 bits per heavy atom. The van der Waals surface area contributed by atoms with Crippen LogP contribution in [0, 0.1) is 27.7 Å². The molecule has 0 saturated heterocycles. The summed E-state index contributed by atoms with van der Waals surface area (Å²) in [5.74, 6) is 2.87. The van der Waals surface area contributed by atoms with E-state index in [0.29, 0.717) is 5.82 Å². The maximum Gasteiger partial charge on any atom is 0.144 e. The van der Waals surface area contributed by atoms with Crippen molar-refractivity contribution in [1.82, 2.24) is 25.1 Å². The summed E-state index contributed by atoms with van der Waals surface area (Å²) in [6, 6.07) is 16.4. The standard InChI is InChI=1S/C28H26N6O2/c1-14-11-22(26(29-14)18-9-7-6-8-10-18)33-28-25-19-13-23(35-5)20(24-15(2)34-36-16(24)3)12-21(19)32-27(25)30-17(4)31-28/h6-13,29H,1-5H3,(H2,30,31,32,33). The van der Waals surface area contributed by atoms with Crippen LogP contribution in [-0.4, -0.2) is 32.2 Å². The Morgan fingerprint density at radius 3 is 2.47 bits per heavy atom. The van der Waals surface area contributed by atoms with E-state index in [1.54, 1.807) is 7.11 Å². The predicted octanol–water partition coefficient (Wildman–Crippen LogP) is 6.75. The van der Waals surface area contributed by atoms with Crippen LogP contribution >= 0.6 is 0 Å². The molecule has 0 aliphatic rings. The van der Waals surface area contributed by atoms with E-state index in [9.17, 15) is 0 Å². The van der Waals surface area contributed by atoms with Crippen molar-refractivity contribution >= 4 is 33.4 Å². The number of methoxy groups -OCH3 is 1. The SMILES string of the molecule is COc1cc2c(cc1-c1c(C)noc1C)[nH]c1nc(C)nc(Nc3cc(C)[nH]c3-c3ccccc3)c12. The molecule has 6 rings (SSSR count). The van der Waals surface area contributed by atoms with Crippen molar-refractivity contribution in [2.75, 3.05) is 12.4 Å². The minimum atomic E-state index is 0.669. The van der Waals surface area contributed by atoms with Gasteiger partial charge in [-0.05, 0) is 45.9 Å². The van der Waals surface area contributed by atoms with Crippen LogP contribution < -0.4 is 10.1 Å². The Morgan fingerprint density at radius 2 is 1.75 bits per heavy atom. The normalized spacial score (nSPS) is 11.5. The summed E-state index contributed by atoms with van der Waals surface area (Å²) in [6.07, 6.45) is 0. The molecule has 0 atom stereocenters. The van der Waals surface area contributed by atoms with Crippen LogP contribution in [0.4, 0.5) is 11.5 Å². The first-order chi connectivity index (χ1) is 17.4. The lowest BCUT2D eigenvalue weighted by atomic mass is 10.0. The van der Waals surface area contributed by atoms with Crippen molar-refractivity contribution in [3.05, 3.63) is 71.5 Å². The molecule has 36 heavy (non-hydrogen) atoms. The number of hydrogen-bond acceptors (Lipinski definition) is 6. The molecule has 0 fully saturated rings. The van der Waals surface area contributed by atoms with Gasteiger partial charge < -0.3 is 24.5 Å². The summed E-state index contributed by atoms with van der Waals surface area (Å²) < 4.78 is 11.2. The van der Waals surface area contributed by atoms with Crippen molar-refractivity contribution in [1.29, 1.82) is 0 Å². The number of benzene rings is 2. The number of rotatable bonds is 5. The van der Waals surface area contributed by atoms with Gasteiger partial charge >= 0.3 is 0 Å². The number of nitrogens with one attached hydrogen (secondary N) is 3. The van der Waals surface area contributed by atoms with E-state index in [2.05, 4.69) is 44.7 Å². The Bertz CT molecular complexity index is 1720. The van der Waals surface area contributed by atoms with Gasteiger partial charge in [-0.15, -0.1) is 0 Å². The summed E-state index contributed by atoms with van der Waals surface area (Å²) in [5.41, 5.74) is 8.47. The van der Waals surface area contributed by atoms with Gasteiger partial charge in [0.25, 0.3) is 0 Å². The Labute approximate surface area is 207 Å². The lowest BCUT2D eigenvalue weighted by molar-refractivity contribution is 0.393. The zero-order valence-electron chi connectivity index (χ0n) is 20.8. The highest BCUT2D eigenvalue weighted by Crippen LogP contribution is 2.41. The number of H-pyrrole nitrogens is 2. The molecule has 6 aromatic rings. The number of aromatic amines is 2.